The Balaban J connectivity index is 1.04. The Kier molecular flexibility index (Phi) is 7.78. The van der Waals surface area contributed by atoms with Crippen molar-refractivity contribution in [2.45, 2.75) is 25.2 Å². The third kappa shape index (κ3) is 5.17. The third-order valence-corrected chi connectivity index (χ3v) is 14.2. The van der Waals surface area contributed by atoms with Crippen LogP contribution in [-0.2, 0) is 5.41 Å². The van der Waals surface area contributed by atoms with Gasteiger partial charge in [0.15, 0.2) is 0 Å². The lowest BCUT2D eigenvalue weighted by atomic mass is 9.67. The molecule has 0 radical (unpaired) electrons. The Labute approximate surface area is 367 Å². The van der Waals surface area contributed by atoms with Crippen LogP contribution < -0.4 is 0 Å². The molecule has 1 atom stereocenters. The van der Waals surface area contributed by atoms with Crippen LogP contribution in [0.5, 0.6) is 0 Å². The van der Waals surface area contributed by atoms with E-state index in [4.69, 9.17) is 4.42 Å². The van der Waals surface area contributed by atoms with Crippen LogP contribution in [0.25, 0.3) is 77.2 Å². The lowest BCUT2D eigenvalue weighted by molar-refractivity contribution is 0.661. The van der Waals surface area contributed by atoms with Crippen LogP contribution in [0.3, 0.4) is 0 Å². The number of benzene rings is 10. The fourth-order valence-electron chi connectivity index (χ4n) is 11.4. The minimum Gasteiger partial charge on any atom is -0.456 e. The summed E-state index contributed by atoms with van der Waals surface area (Å²) in [5.74, 6) is -0.134. The van der Waals surface area contributed by atoms with Crippen molar-refractivity contribution in [3.63, 3.8) is 0 Å². The van der Waals surface area contributed by atoms with E-state index >= 15 is 0 Å². The summed E-state index contributed by atoms with van der Waals surface area (Å²) in [5.41, 5.74) is 22.9. The molecule has 63 heavy (non-hydrogen) atoms. The van der Waals surface area contributed by atoms with E-state index < -0.39 is 5.41 Å². The van der Waals surface area contributed by atoms with Gasteiger partial charge in [-0.1, -0.05) is 211 Å². The van der Waals surface area contributed by atoms with Crippen molar-refractivity contribution in [3.8, 4) is 44.5 Å². The average molecular weight is 803 g/mol. The van der Waals surface area contributed by atoms with Crippen LogP contribution in [0.1, 0.15) is 56.0 Å². The number of rotatable bonds is 6. The summed E-state index contributed by atoms with van der Waals surface area (Å²) in [4.78, 5) is 0. The van der Waals surface area contributed by atoms with Gasteiger partial charge in [0.2, 0.25) is 0 Å². The molecule has 13 rings (SSSR count). The Morgan fingerprint density at radius 2 is 1.00 bits per heavy atom. The zero-order chi connectivity index (χ0) is 41.8. The van der Waals surface area contributed by atoms with E-state index in [9.17, 15) is 0 Å². The molecular weight excluding hydrogens is 761 g/mol. The fraction of sp³-hybridized carbons (Fsp3) is 0.0645. The first-order valence-electron chi connectivity index (χ1n) is 22.1. The normalized spacial score (nSPS) is 13.6. The van der Waals surface area contributed by atoms with Crippen LogP contribution in [0, 0.1) is 13.8 Å². The molecule has 0 fully saturated rings. The van der Waals surface area contributed by atoms with Gasteiger partial charge in [-0.2, -0.15) is 0 Å². The highest BCUT2D eigenvalue weighted by Gasteiger charge is 2.47. The Morgan fingerprint density at radius 1 is 0.413 bits per heavy atom. The molecule has 1 aromatic heterocycles. The van der Waals surface area contributed by atoms with E-state index in [2.05, 4.69) is 226 Å². The number of furan rings is 1. The van der Waals surface area contributed by atoms with Crippen molar-refractivity contribution in [2.75, 3.05) is 0 Å². The summed E-state index contributed by atoms with van der Waals surface area (Å²) in [6.07, 6.45) is 0. The van der Waals surface area contributed by atoms with Gasteiger partial charge >= 0.3 is 0 Å². The van der Waals surface area contributed by atoms with E-state index in [1.807, 2.05) is 0 Å². The summed E-state index contributed by atoms with van der Waals surface area (Å²) in [6.45, 7) is 4.35. The second-order valence-electron chi connectivity index (χ2n) is 17.6. The van der Waals surface area contributed by atoms with Crippen molar-refractivity contribution < 1.29 is 4.42 Å². The van der Waals surface area contributed by atoms with Crippen LogP contribution in [0.2, 0.25) is 0 Å². The van der Waals surface area contributed by atoms with Gasteiger partial charge in [0.25, 0.3) is 0 Å². The molecule has 0 bridgehead atoms. The summed E-state index contributed by atoms with van der Waals surface area (Å²) in [5, 5.41) is 4.93. The summed E-state index contributed by atoms with van der Waals surface area (Å²) in [7, 11) is 0. The molecule has 296 valence electrons. The topological polar surface area (TPSA) is 13.1 Å². The van der Waals surface area contributed by atoms with Crippen LogP contribution in [0.15, 0.2) is 217 Å². The fourth-order valence-corrected chi connectivity index (χ4v) is 11.4. The van der Waals surface area contributed by atoms with Crippen molar-refractivity contribution in [1.29, 1.82) is 0 Å². The monoisotopic (exact) mass is 802 g/mol. The molecule has 0 amide bonds. The molecule has 2 aliphatic carbocycles. The standard InChI is InChI=1S/C62H42O/c1-38-23-32-44(33-24-38)62(45-34-25-39(2)26-35-45)55-20-5-3-14-51(55)60-52(18-10-21-56(60)62)59(53-19-9-17-50-47-13-4-6-22-57(47)63-61(50)53)42-29-27-40(28-30-42)43-31-36-46-48-15-7-11-41-12-8-16-49(58(41)48)54(46)37-43/h3-37,59H,1-2H3. The Morgan fingerprint density at radius 3 is 1.76 bits per heavy atom. The number of fused-ring (bicyclic) bond motifs is 9. The maximum atomic E-state index is 6.88. The van der Waals surface area contributed by atoms with Gasteiger partial charge in [0.05, 0.1) is 5.41 Å². The lowest BCUT2D eigenvalue weighted by Crippen LogP contribution is -2.28. The molecular formula is C62H42O. The number of hydrogen-bond acceptors (Lipinski definition) is 1. The first kappa shape index (κ1) is 36.0. The summed E-state index contributed by atoms with van der Waals surface area (Å²) >= 11 is 0. The molecule has 1 unspecified atom stereocenters. The highest BCUT2D eigenvalue weighted by molar-refractivity contribution is 6.15. The molecule has 1 heteroatoms. The predicted octanol–water partition coefficient (Wildman–Crippen LogP) is 16.2. The van der Waals surface area contributed by atoms with E-state index in [1.165, 1.54) is 99.8 Å². The highest BCUT2D eigenvalue weighted by Crippen LogP contribution is 2.59. The second kappa shape index (κ2) is 13.6. The maximum Gasteiger partial charge on any atom is 0.139 e. The molecule has 11 aromatic rings. The van der Waals surface area contributed by atoms with E-state index in [1.54, 1.807) is 0 Å². The Hall–Kier alpha value is -7.74. The molecule has 2 aliphatic rings. The number of hydrogen-bond donors (Lipinski definition) is 0. The Bertz CT molecular complexity index is 3570. The maximum absolute atomic E-state index is 6.88. The van der Waals surface area contributed by atoms with E-state index in [0.717, 1.165) is 27.5 Å². The molecule has 1 heterocycles. The minimum atomic E-state index is -0.513. The first-order valence-corrected chi connectivity index (χ1v) is 22.1. The zero-order valence-corrected chi connectivity index (χ0v) is 35.2. The first-order chi connectivity index (χ1) is 31.1. The smallest absolute Gasteiger partial charge is 0.139 e. The molecule has 0 saturated carbocycles. The van der Waals surface area contributed by atoms with E-state index in [-0.39, 0.29) is 5.92 Å². The van der Waals surface area contributed by atoms with Crippen LogP contribution >= 0.6 is 0 Å². The average Bonchev–Trinajstić information content (AvgIpc) is 3.98. The second-order valence-corrected chi connectivity index (χ2v) is 17.6. The van der Waals surface area contributed by atoms with Gasteiger partial charge in [-0.15, -0.1) is 0 Å². The van der Waals surface area contributed by atoms with Gasteiger partial charge in [-0.3, -0.25) is 0 Å². The van der Waals surface area contributed by atoms with Crippen molar-refractivity contribution >= 4 is 32.7 Å². The SMILES string of the molecule is Cc1ccc(C2(c3ccc(C)cc3)c3ccccc3-c3c(C(c4ccc(-c5ccc6c(c5)-c5cccc7cccc-6c57)cc4)c4cccc5c4oc4ccccc45)cccc32)cc1. The molecule has 1 nitrogen and oxygen atoms in total. The molecule has 0 saturated heterocycles. The van der Waals surface area contributed by atoms with Gasteiger partial charge < -0.3 is 4.42 Å². The van der Waals surface area contributed by atoms with Crippen molar-refractivity contribution in [1.82, 2.24) is 0 Å². The van der Waals surface area contributed by atoms with Gasteiger partial charge in [0, 0.05) is 22.3 Å². The van der Waals surface area contributed by atoms with Gasteiger partial charge in [0.1, 0.15) is 11.2 Å². The molecule has 10 aromatic carbocycles. The predicted molar refractivity (Wildman–Crippen MR) is 262 cm³/mol. The number of aryl methyl sites for hydroxylation is 2. The van der Waals surface area contributed by atoms with Crippen LogP contribution in [0.4, 0.5) is 0 Å². The molecule has 0 spiro atoms. The minimum absolute atomic E-state index is 0.134. The third-order valence-electron chi connectivity index (χ3n) is 14.2. The van der Waals surface area contributed by atoms with Gasteiger partial charge in [-0.05, 0) is 115 Å². The molecule has 0 N–H and O–H groups in total. The quantitative estimate of drug-likeness (QED) is 0.153. The van der Waals surface area contributed by atoms with Crippen molar-refractivity contribution in [2.24, 2.45) is 0 Å². The molecule has 0 aliphatic heterocycles. The van der Waals surface area contributed by atoms with Crippen LogP contribution in [-0.4, -0.2) is 0 Å². The van der Waals surface area contributed by atoms with E-state index in [0.29, 0.717) is 0 Å². The highest BCUT2D eigenvalue weighted by atomic mass is 16.3. The van der Waals surface area contributed by atoms with Gasteiger partial charge in [-0.25, -0.2) is 0 Å². The number of para-hydroxylation sites is 2. The lowest BCUT2D eigenvalue weighted by Gasteiger charge is -2.34. The summed E-state index contributed by atoms with van der Waals surface area (Å²) < 4.78 is 6.88. The summed E-state index contributed by atoms with van der Waals surface area (Å²) in [6, 6.07) is 79.5. The zero-order valence-electron chi connectivity index (χ0n) is 35.2. The largest absolute Gasteiger partial charge is 0.456 e. The van der Waals surface area contributed by atoms with Crippen molar-refractivity contribution in [3.05, 3.63) is 262 Å².